The van der Waals surface area contributed by atoms with Crippen LogP contribution in [0.3, 0.4) is 0 Å². The van der Waals surface area contributed by atoms with E-state index >= 15 is 0 Å². The molecule has 1 aromatic rings. The summed E-state index contributed by atoms with van der Waals surface area (Å²) in [5.41, 5.74) is 2.14. The SMILES string of the molecule is CCc1ccc(CNC(CC(=O)O)C(=O)O)cc1. The molecule has 5 nitrogen and oxygen atoms in total. The maximum absolute atomic E-state index is 10.8. The summed E-state index contributed by atoms with van der Waals surface area (Å²) in [6.07, 6.45) is 0.521. The molecule has 5 heteroatoms. The van der Waals surface area contributed by atoms with Crippen LogP contribution in [0.25, 0.3) is 0 Å². The number of benzene rings is 1. The van der Waals surface area contributed by atoms with Crippen LogP contribution >= 0.6 is 0 Å². The van der Waals surface area contributed by atoms with Crippen molar-refractivity contribution in [3.05, 3.63) is 35.4 Å². The summed E-state index contributed by atoms with van der Waals surface area (Å²) < 4.78 is 0. The van der Waals surface area contributed by atoms with Crippen molar-refractivity contribution in [1.29, 1.82) is 0 Å². The Morgan fingerprint density at radius 2 is 1.72 bits per heavy atom. The number of carbonyl (C=O) groups is 2. The molecular formula is C13H17NO4. The second-order valence-electron chi connectivity index (χ2n) is 4.04. The Kier molecular flexibility index (Phi) is 5.32. The fourth-order valence-corrected chi connectivity index (χ4v) is 1.56. The van der Waals surface area contributed by atoms with Crippen molar-refractivity contribution in [2.75, 3.05) is 0 Å². The monoisotopic (exact) mass is 251 g/mol. The fraction of sp³-hybridized carbons (Fsp3) is 0.385. The van der Waals surface area contributed by atoms with Crippen molar-refractivity contribution in [3.8, 4) is 0 Å². The van der Waals surface area contributed by atoms with Crippen LogP contribution in [-0.4, -0.2) is 28.2 Å². The third-order valence-corrected chi connectivity index (χ3v) is 2.66. The van der Waals surface area contributed by atoms with Gasteiger partial charge in [-0.1, -0.05) is 31.2 Å². The highest BCUT2D eigenvalue weighted by Crippen LogP contribution is 2.05. The Balaban J connectivity index is 2.55. The molecule has 98 valence electrons. The number of rotatable bonds is 7. The van der Waals surface area contributed by atoms with Gasteiger partial charge in [-0.25, -0.2) is 0 Å². The summed E-state index contributed by atoms with van der Waals surface area (Å²) >= 11 is 0. The molecule has 1 aromatic carbocycles. The topological polar surface area (TPSA) is 86.6 Å². The van der Waals surface area contributed by atoms with E-state index in [2.05, 4.69) is 12.2 Å². The maximum Gasteiger partial charge on any atom is 0.321 e. The largest absolute Gasteiger partial charge is 0.481 e. The zero-order valence-electron chi connectivity index (χ0n) is 10.2. The Morgan fingerprint density at radius 3 is 2.17 bits per heavy atom. The number of nitrogens with one attached hydrogen (secondary N) is 1. The van der Waals surface area contributed by atoms with Crippen LogP contribution < -0.4 is 5.32 Å². The summed E-state index contributed by atoms with van der Waals surface area (Å²) in [7, 11) is 0. The van der Waals surface area contributed by atoms with Gasteiger partial charge in [0, 0.05) is 6.54 Å². The summed E-state index contributed by atoms with van der Waals surface area (Å²) in [6, 6.07) is 6.71. The number of aryl methyl sites for hydroxylation is 1. The van der Waals surface area contributed by atoms with E-state index in [9.17, 15) is 9.59 Å². The Morgan fingerprint density at radius 1 is 1.17 bits per heavy atom. The molecule has 0 aromatic heterocycles. The second kappa shape index (κ2) is 6.76. The average Bonchev–Trinajstić information content (AvgIpc) is 2.34. The first-order chi connectivity index (χ1) is 8.52. The van der Waals surface area contributed by atoms with Gasteiger partial charge >= 0.3 is 11.9 Å². The zero-order chi connectivity index (χ0) is 13.5. The predicted molar refractivity (Wildman–Crippen MR) is 66.3 cm³/mol. The van der Waals surface area contributed by atoms with Crippen LogP contribution in [0, 0.1) is 0 Å². The lowest BCUT2D eigenvalue weighted by molar-refractivity contribution is -0.146. The summed E-state index contributed by atoms with van der Waals surface area (Å²) in [6.45, 7) is 2.40. The van der Waals surface area contributed by atoms with Crippen molar-refractivity contribution in [2.45, 2.75) is 32.4 Å². The van der Waals surface area contributed by atoms with Gasteiger partial charge in [0.1, 0.15) is 6.04 Å². The first-order valence-corrected chi connectivity index (χ1v) is 5.78. The predicted octanol–water partition coefficient (Wildman–Crippen LogP) is 1.27. The van der Waals surface area contributed by atoms with Gasteiger partial charge in [0.15, 0.2) is 0 Å². The highest BCUT2D eigenvalue weighted by molar-refractivity contribution is 5.80. The lowest BCUT2D eigenvalue weighted by atomic mass is 10.1. The van der Waals surface area contributed by atoms with Gasteiger partial charge in [-0.05, 0) is 17.5 Å². The Hall–Kier alpha value is -1.88. The molecule has 0 aliphatic heterocycles. The minimum absolute atomic E-state index is 0.342. The van der Waals surface area contributed by atoms with E-state index < -0.39 is 24.4 Å². The van der Waals surface area contributed by atoms with Gasteiger partial charge in [0.05, 0.1) is 6.42 Å². The van der Waals surface area contributed by atoms with E-state index in [0.29, 0.717) is 6.54 Å². The van der Waals surface area contributed by atoms with Crippen LogP contribution in [0.2, 0.25) is 0 Å². The average molecular weight is 251 g/mol. The molecule has 0 radical (unpaired) electrons. The van der Waals surface area contributed by atoms with Gasteiger partial charge in [0.2, 0.25) is 0 Å². The first kappa shape index (κ1) is 14.2. The van der Waals surface area contributed by atoms with E-state index in [4.69, 9.17) is 10.2 Å². The van der Waals surface area contributed by atoms with Crippen LogP contribution in [0.1, 0.15) is 24.5 Å². The van der Waals surface area contributed by atoms with E-state index in [-0.39, 0.29) is 0 Å². The Labute approximate surface area is 105 Å². The molecule has 0 bridgehead atoms. The number of carboxylic acids is 2. The van der Waals surface area contributed by atoms with E-state index in [0.717, 1.165) is 12.0 Å². The summed E-state index contributed by atoms with van der Waals surface area (Å²) in [5, 5.41) is 20.2. The molecule has 0 saturated heterocycles. The van der Waals surface area contributed by atoms with Crippen molar-refractivity contribution in [1.82, 2.24) is 5.32 Å². The zero-order valence-corrected chi connectivity index (χ0v) is 10.2. The molecule has 1 rings (SSSR count). The first-order valence-electron chi connectivity index (χ1n) is 5.78. The van der Waals surface area contributed by atoms with E-state index in [1.807, 2.05) is 24.3 Å². The van der Waals surface area contributed by atoms with Gasteiger partial charge < -0.3 is 10.2 Å². The standard InChI is InChI=1S/C13H17NO4/c1-2-9-3-5-10(6-4-9)8-14-11(13(17)18)7-12(15)16/h3-6,11,14H,2,7-8H2,1H3,(H,15,16)(H,17,18). The minimum Gasteiger partial charge on any atom is -0.481 e. The number of aliphatic carboxylic acids is 2. The van der Waals surface area contributed by atoms with Gasteiger partial charge in [-0.2, -0.15) is 0 Å². The third-order valence-electron chi connectivity index (χ3n) is 2.66. The van der Waals surface area contributed by atoms with Crippen LogP contribution in [-0.2, 0) is 22.6 Å². The second-order valence-corrected chi connectivity index (χ2v) is 4.04. The van der Waals surface area contributed by atoms with E-state index in [1.54, 1.807) is 0 Å². The fourth-order valence-electron chi connectivity index (χ4n) is 1.56. The molecular weight excluding hydrogens is 234 g/mol. The highest BCUT2D eigenvalue weighted by atomic mass is 16.4. The van der Waals surface area contributed by atoms with Crippen molar-refractivity contribution in [3.63, 3.8) is 0 Å². The Bertz CT molecular complexity index is 414. The smallest absolute Gasteiger partial charge is 0.321 e. The molecule has 3 N–H and O–H groups in total. The number of carboxylic acid groups (broad SMARTS) is 2. The normalized spacial score (nSPS) is 12.1. The van der Waals surface area contributed by atoms with Gasteiger partial charge in [0.25, 0.3) is 0 Å². The highest BCUT2D eigenvalue weighted by Gasteiger charge is 2.19. The number of hydrogen-bond acceptors (Lipinski definition) is 3. The van der Waals surface area contributed by atoms with Crippen molar-refractivity contribution >= 4 is 11.9 Å². The van der Waals surface area contributed by atoms with E-state index in [1.165, 1.54) is 5.56 Å². The molecule has 1 unspecified atom stereocenters. The number of hydrogen-bond donors (Lipinski definition) is 3. The van der Waals surface area contributed by atoms with Crippen LogP contribution in [0.4, 0.5) is 0 Å². The molecule has 0 aliphatic rings. The summed E-state index contributed by atoms with van der Waals surface area (Å²) in [4.78, 5) is 21.3. The third kappa shape index (κ3) is 4.55. The summed E-state index contributed by atoms with van der Waals surface area (Å²) in [5.74, 6) is -2.28. The minimum atomic E-state index is -1.15. The molecule has 18 heavy (non-hydrogen) atoms. The molecule has 0 heterocycles. The molecule has 0 aliphatic carbocycles. The van der Waals surface area contributed by atoms with Crippen molar-refractivity contribution in [2.24, 2.45) is 0 Å². The lowest BCUT2D eigenvalue weighted by Gasteiger charge is -2.12. The quantitative estimate of drug-likeness (QED) is 0.679. The molecule has 0 fully saturated rings. The molecule has 0 saturated carbocycles. The molecule has 1 atom stereocenters. The molecule has 0 amide bonds. The van der Waals surface area contributed by atoms with Crippen LogP contribution in [0.5, 0.6) is 0 Å². The lowest BCUT2D eigenvalue weighted by Crippen LogP contribution is -2.38. The van der Waals surface area contributed by atoms with Gasteiger partial charge in [-0.15, -0.1) is 0 Å². The van der Waals surface area contributed by atoms with Crippen molar-refractivity contribution < 1.29 is 19.8 Å². The molecule has 0 spiro atoms. The van der Waals surface area contributed by atoms with Gasteiger partial charge in [-0.3, -0.25) is 14.9 Å². The van der Waals surface area contributed by atoms with Crippen LogP contribution in [0.15, 0.2) is 24.3 Å². The maximum atomic E-state index is 10.8.